The first-order valence-electron chi connectivity index (χ1n) is 5.54. The number of hydrogen-bond donors (Lipinski definition) is 2. The zero-order chi connectivity index (χ0) is 15.8. The number of rotatable bonds is 4. The van der Waals surface area contributed by atoms with Crippen molar-refractivity contribution in [2.75, 3.05) is 5.32 Å². The molecular formula is C12H9ClINO4S2. The Morgan fingerprint density at radius 2 is 1.90 bits per heavy atom. The number of halogens is 2. The van der Waals surface area contributed by atoms with E-state index >= 15 is 0 Å². The van der Waals surface area contributed by atoms with E-state index in [1.165, 1.54) is 6.92 Å². The monoisotopic (exact) mass is 457 g/mol. The van der Waals surface area contributed by atoms with Crippen molar-refractivity contribution in [3.05, 3.63) is 38.3 Å². The summed E-state index contributed by atoms with van der Waals surface area (Å²) in [6, 6.07) is 7.22. The molecule has 1 heterocycles. The lowest BCUT2D eigenvalue weighted by Crippen LogP contribution is -1.99. The smallest absolute Gasteiger partial charge is 0.346 e. The molecular weight excluding hydrogens is 449 g/mol. The van der Waals surface area contributed by atoms with Crippen LogP contribution in [0.5, 0.6) is 0 Å². The lowest BCUT2D eigenvalue weighted by Gasteiger charge is -2.06. The van der Waals surface area contributed by atoms with Gasteiger partial charge in [-0.25, -0.2) is 13.2 Å². The van der Waals surface area contributed by atoms with Crippen molar-refractivity contribution >= 4 is 70.3 Å². The van der Waals surface area contributed by atoms with Crippen molar-refractivity contribution in [1.29, 1.82) is 0 Å². The van der Waals surface area contributed by atoms with E-state index in [0.29, 0.717) is 5.69 Å². The average Bonchev–Trinajstić information content (AvgIpc) is 2.69. The number of nitrogens with one attached hydrogen (secondary N) is 1. The Morgan fingerprint density at radius 3 is 2.38 bits per heavy atom. The van der Waals surface area contributed by atoms with Crippen LogP contribution in [0.1, 0.15) is 15.2 Å². The summed E-state index contributed by atoms with van der Waals surface area (Å²) in [6.45, 7) is 1.42. The maximum absolute atomic E-state index is 11.7. The molecule has 9 heteroatoms. The molecule has 1 aromatic heterocycles. The second kappa shape index (κ2) is 6.11. The van der Waals surface area contributed by atoms with Crippen LogP contribution in [0.4, 0.5) is 10.7 Å². The number of benzene rings is 1. The number of thiophene rings is 1. The van der Waals surface area contributed by atoms with Crippen molar-refractivity contribution in [2.24, 2.45) is 0 Å². The molecule has 112 valence electrons. The van der Waals surface area contributed by atoms with Crippen LogP contribution < -0.4 is 5.32 Å². The molecule has 0 fully saturated rings. The molecule has 0 spiro atoms. The first kappa shape index (κ1) is 16.5. The Bertz CT molecular complexity index is 799. The van der Waals surface area contributed by atoms with E-state index in [0.717, 1.165) is 14.9 Å². The molecule has 2 N–H and O–H groups in total. The van der Waals surface area contributed by atoms with Gasteiger partial charge in [0.1, 0.15) is 14.8 Å². The van der Waals surface area contributed by atoms with E-state index in [-0.39, 0.29) is 20.3 Å². The molecule has 0 atom stereocenters. The van der Waals surface area contributed by atoms with Gasteiger partial charge in [0, 0.05) is 19.9 Å². The zero-order valence-electron chi connectivity index (χ0n) is 10.6. The third-order valence-electron chi connectivity index (χ3n) is 2.63. The normalized spacial score (nSPS) is 11.4. The Labute approximate surface area is 143 Å². The SMILES string of the molecule is Cc1c(C(=O)O)sc(Nc2ccc(I)cc2)c1S(=O)(=O)Cl. The Balaban J connectivity index is 2.55. The summed E-state index contributed by atoms with van der Waals surface area (Å²) < 4.78 is 24.4. The van der Waals surface area contributed by atoms with Crippen molar-refractivity contribution in [2.45, 2.75) is 11.8 Å². The number of carbonyl (C=O) groups is 1. The van der Waals surface area contributed by atoms with Gasteiger partial charge in [-0.15, -0.1) is 11.3 Å². The van der Waals surface area contributed by atoms with Gasteiger partial charge in [0.25, 0.3) is 9.05 Å². The van der Waals surface area contributed by atoms with Gasteiger partial charge in [-0.1, -0.05) is 0 Å². The summed E-state index contributed by atoms with van der Waals surface area (Å²) in [6.07, 6.45) is 0. The molecule has 0 amide bonds. The van der Waals surface area contributed by atoms with Gasteiger partial charge in [-0.3, -0.25) is 0 Å². The van der Waals surface area contributed by atoms with Crippen LogP contribution in [0.2, 0.25) is 0 Å². The second-order valence-corrected chi connectivity index (χ2v) is 8.86. The third kappa shape index (κ3) is 3.68. The van der Waals surface area contributed by atoms with Gasteiger partial charge >= 0.3 is 5.97 Å². The first-order chi connectivity index (χ1) is 9.70. The summed E-state index contributed by atoms with van der Waals surface area (Å²) in [5.74, 6) is -1.19. The van der Waals surface area contributed by atoms with Crippen molar-refractivity contribution < 1.29 is 18.3 Å². The van der Waals surface area contributed by atoms with E-state index in [1.54, 1.807) is 12.1 Å². The molecule has 0 aliphatic carbocycles. The summed E-state index contributed by atoms with van der Waals surface area (Å²) in [5, 5.41) is 12.2. The minimum absolute atomic E-state index is 0.0535. The average molecular weight is 458 g/mol. The highest BCUT2D eigenvalue weighted by molar-refractivity contribution is 14.1. The standard InChI is InChI=1S/C12H9ClINO4S2/c1-6-9(12(16)17)20-11(10(6)21(13,18)19)15-8-4-2-7(14)3-5-8/h2-5,15H,1H3,(H,16,17). The molecule has 0 saturated heterocycles. The summed E-state index contributed by atoms with van der Waals surface area (Å²) in [7, 11) is 1.37. The minimum Gasteiger partial charge on any atom is -0.477 e. The highest BCUT2D eigenvalue weighted by Crippen LogP contribution is 2.39. The van der Waals surface area contributed by atoms with Crippen LogP contribution in [0.25, 0.3) is 0 Å². The molecule has 2 aromatic rings. The first-order valence-corrected chi connectivity index (χ1v) is 9.74. The molecule has 0 aliphatic rings. The Morgan fingerprint density at radius 1 is 1.33 bits per heavy atom. The van der Waals surface area contributed by atoms with Crippen LogP contribution >= 0.6 is 44.6 Å². The van der Waals surface area contributed by atoms with E-state index < -0.39 is 15.0 Å². The molecule has 0 bridgehead atoms. The van der Waals surface area contributed by atoms with Gasteiger partial charge in [-0.05, 0) is 59.3 Å². The van der Waals surface area contributed by atoms with Crippen LogP contribution in [-0.2, 0) is 9.05 Å². The maximum Gasteiger partial charge on any atom is 0.346 e. The topological polar surface area (TPSA) is 83.5 Å². The maximum atomic E-state index is 11.7. The van der Waals surface area contributed by atoms with Gasteiger partial charge in [0.05, 0.1) is 0 Å². The Hall–Kier alpha value is -0.840. The van der Waals surface area contributed by atoms with Crippen LogP contribution in [0.3, 0.4) is 0 Å². The molecule has 0 radical (unpaired) electrons. The Kier molecular flexibility index (Phi) is 4.81. The second-order valence-electron chi connectivity index (χ2n) is 4.09. The van der Waals surface area contributed by atoms with Gasteiger partial charge in [0.15, 0.2) is 0 Å². The predicted octanol–water partition coefficient (Wildman–Crippen LogP) is 4.03. The fraction of sp³-hybridized carbons (Fsp3) is 0.0833. The van der Waals surface area contributed by atoms with Gasteiger partial charge < -0.3 is 10.4 Å². The van der Waals surface area contributed by atoms with Gasteiger partial charge in [0.2, 0.25) is 0 Å². The molecule has 21 heavy (non-hydrogen) atoms. The quantitative estimate of drug-likeness (QED) is 0.535. The molecule has 0 aliphatic heterocycles. The van der Waals surface area contributed by atoms with Crippen LogP contribution in [0.15, 0.2) is 29.2 Å². The summed E-state index contributed by atoms with van der Waals surface area (Å²) in [5.41, 5.74) is 0.783. The van der Waals surface area contributed by atoms with E-state index in [4.69, 9.17) is 15.8 Å². The van der Waals surface area contributed by atoms with Crippen LogP contribution in [0, 0.1) is 10.5 Å². The summed E-state index contributed by atoms with van der Waals surface area (Å²) >= 11 is 2.99. The zero-order valence-corrected chi connectivity index (χ0v) is 15.1. The van der Waals surface area contributed by atoms with E-state index in [9.17, 15) is 13.2 Å². The van der Waals surface area contributed by atoms with Crippen molar-refractivity contribution in [3.63, 3.8) is 0 Å². The predicted molar refractivity (Wildman–Crippen MR) is 91.5 cm³/mol. The molecule has 2 rings (SSSR count). The lowest BCUT2D eigenvalue weighted by molar-refractivity contribution is 0.0701. The number of aromatic carboxylic acids is 1. The largest absolute Gasteiger partial charge is 0.477 e. The number of hydrogen-bond acceptors (Lipinski definition) is 5. The highest BCUT2D eigenvalue weighted by atomic mass is 127. The fourth-order valence-corrected chi connectivity index (χ4v) is 5.04. The van der Waals surface area contributed by atoms with Crippen molar-refractivity contribution in [3.8, 4) is 0 Å². The van der Waals surface area contributed by atoms with E-state index in [1.807, 2.05) is 12.1 Å². The minimum atomic E-state index is -4.05. The lowest BCUT2D eigenvalue weighted by atomic mass is 10.3. The number of anilines is 2. The molecule has 0 saturated carbocycles. The fourth-order valence-electron chi connectivity index (χ4n) is 1.74. The van der Waals surface area contributed by atoms with E-state index in [2.05, 4.69) is 27.9 Å². The number of carboxylic acid groups (broad SMARTS) is 1. The van der Waals surface area contributed by atoms with Gasteiger partial charge in [-0.2, -0.15) is 0 Å². The molecule has 0 unspecified atom stereocenters. The van der Waals surface area contributed by atoms with Crippen LogP contribution in [-0.4, -0.2) is 19.5 Å². The summed E-state index contributed by atoms with van der Waals surface area (Å²) in [4.78, 5) is 10.9. The third-order valence-corrected chi connectivity index (χ3v) is 6.14. The number of carboxylic acids is 1. The molecule has 1 aromatic carbocycles. The highest BCUT2D eigenvalue weighted by Gasteiger charge is 2.27. The molecule has 5 nitrogen and oxygen atoms in total. The van der Waals surface area contributed by atoms with Crippen molar-refractivity contribution in [1.82, 2.24) is 0 Å².